The van der Waals surface area contributed by atoms with Gasteiger partial charge in [-0.2, -0.15) is 13.2 Å². The van der Waals surface area contributed by atoms with E-state index in [1.165, 1.54) is 6.08 Å². The maximum absolute atomic E-state index is 12.4. The summed E-state index contributed by atoms with van der Waals surface area (Å²) in [6.07, 6.45) is -1.39. The lowest BCUT2D eigenvalue weighted by atomic mass is 10.1. The van der Waals surface area contributed by atoms with E-state index >= 15 is 0 Å². The summed E-state index contributed by atoms with van der Waals surface area (Å²) in [5, 5.41) is 8.49. The predicted octanol–water partition coefficient (Wildman–Crippen LogP) is 3.18. The Labute approximate surface area is 91.5 Å². The molecule has 0 radical (unpaired) electrons. The molecule has 0 amide bonds. The van der Waals surface area contributed by atoms with Crippen molar-refractivity contribution in [3.63, 3.8) is 0 Å². The second-order valence-electron chi connectivity index (χ2n) is 3.08. The highest BCUT2D eigenvalue weighted by molar-refractivity contribution is 5.53. The van der Waals surface area contributed by atoms with Crippen molar-refractivity contribution in [1.82, 2.24) is 0 Å². The second kappa shape index (κ2) is 5.51. The Morgan fingerprint density at radius 1 is 1.19 bits per heavy atom. The summed E-state index contributed by atoms with van der Waals surface area (Å²) in [6.45, 7) is -0.631. The first-order valence-electron chi connectivity index (χ1n) is 4.65. The average Bonchev–Trinajstić information content (AvgIpc) is 2.24. The summed E-state index contributed by atoms with van der Waals surface area (Å²) in [4.78, 5) is 0. The first-order valence-corrected chi connectivity index (χ1v) is 4.65. The maximum Gasteiger partial charge on any atom is 0.416 e. The lowest BCUT2D eigenvalue weighted by molar-refractivity contribution is -0.0885. The number of aliphatic hydroxyl groups is 1. The number of rotatable bonds is 3. The molecule has 1 N–H and O–H groups in total. The number of hydrogen-bond donors (Lipinski definition) is 1. The molecule has 0 aliphatic carbocycles. The van der Waals surface area contributed by atoms with Crippen molar-refractivity contribution in [3.05, 3.63) is 53.6 Å². The molecule has 1 aromatic rings. The van der Waals surface area contributed by atoms with Crippen LogP contribution in [0.1, 0.15) is 5.56 Å². The minimum Gasteiger partial charge on any atom is -0.392 e. The lowest BCUT2D eigenvalue weighted by Gasteiger charge is -2.06. The highest BCUT2D eigenvalue weighted by Crippen LogP contribution is 2.26. The van der Waals surface area contributed by atoms with E-state index in [0.717, 1.165) is 12.2 Å². The van der Waals surface area contributed by atoms with E-state index in [4.69, 9.17) is 5.11 Å². The zero-order chi connectivity index (χ0) is 12.0. The van der Waals surface area contributed by atoms with E-state index in [9.17, 15) is 13.2 Å². The zero-order valence-electron chi connectivity index (χ0n) is 8.41. The number of halogens is 3. The summed E-state index contributed by atoms with van der Waals surface area (Å²) in [7, 11) is 0. The van der Waals surface area contributed by atoms with Crippen molar-refractivity contribution >= 4 is 6.08 Å². The van der Waals surface area contributed by atoms with E-state index in [-0.39, 0.29) is 0 Å². The third-order valence-corrected chi connectivity index (χ3v) is 1.89. The molecule has 0 atom stereocenters. The lowest BCUT2D eigenvalue weighted by Crippen LogP contribution is -2.10. The van der Waals surface area contributed by atoms with E-state index in [2.05, 4.69) is 0 Å². The number of hydrogen-bond acceptors (Lipinski definition) is 1. The van der Waals surface area contributed by atoms with Crippen LogP contribution in [0.2, 0.25) is 0 Å². The minimum atomic E-state index is -4.44. The van der Waals surface area contributed by atoms with Gasteiger partial charge >= 0.3 is 6.18 Å². The van der Waals surface area contributed by atoms with Gasteiger partial charge in [0.15, 0.2) is 0 Å². The van der Waals surface area contributed by atoms with Gasteiger partial charge in [0.05, 0.1) is 12.2 Å². The van der Waals surface area contributed by atoms with Crippen LogP contribution in [0.5, 0.6) is 0 Å². The van der Waals surface area contributed by atoms with E-state index in [0.29, 0.717) is 5.56 Å². The van der Waals surface area contributed by atoms with Crippen LogP contribution >= 0.6 is 0 Å². The molecule has 0 aromatic heterocycles. The van der Waals surface area contributed by atoms with E-state index in [1.54, 1.807) is 30.3 Å². The van der Waals surface area contributed by atoms with Gasteiger partial charge < -0.3 is 5.11 Å². The fourth-order valence-electron chi connectivity index (χ4n) is 1.13. The standard InChI is InChI=1S/C12H11F3O/c13-12(14,15)11(8-9-16)7-6-10-4-2-1-3-5-10/h1-8,16H,9H2/b7-6+,11-8+. The van der Waals surface area contributed by atoms with Crippen LogP contribution in [-0.2, 0) is 0 Å². The summed E-state index contributed by atoms with van der Waals surface area (Å²) >= 11 is 0. The third-order valence-electron chi connectivity index (χ3n) is 1.89. The largest absolute Gasteiger partial charge is 0.416 e. The molecule has 0 bridgehead atoms. The van der Waals surface area contributed by atoms with Gasteiger partial charge in [0.2, 0.25) is 0 Å². The van der Waals surface area contributed by atoms with Gasteiger partial charge in [-0.25, -0.2) is 0 Å². The van der Waals surface area contributed by atoms with Gasteiger partial charge in [-0.05, 0) is 17.7 Å². The van der Waals surface area contributed by atoms with Crippen molar-refractivity contribution in [2.45, 2.75) is 6.18 Å². The van der Waals surface area contributed by atoms with Crippen molar-refractivity contribution in [2.75, 3.05) is 6.61 Å². The Bertz CT molecular complexity index is 377. The van der Waals surface area contributed by atoms with Crippen molar-refractivity contribution < 1.29 is 18.3 Å². The quantitative estimate of drug-likeness (QED) is 0.788. The first-order chi connectivity index (χ1) is 7.54. The van der Waals surface area contributed by atoms with Crippen molar-refractivity contribution in [2.24, 2.45) is 0 Å². The molecule has 0 spiro atoms. The van der Waals surface area contributed by atoms with Gasteiger partial charge in [0.1, 0.15) is 0 Å². The fraction of sp³-hybridized carbons (Fsp3) is 0.167. The molecule has 1 rings (SSSR count). The van der Waals surface area contributed by atoms with Crippen LogP contribution in [-0.4, -0.2) is 17.9 Å². The van der Waals surface area contributed by atoms with Gasteiger partial charge in [-0.3, -0.25) is 0 Å². The molecule has 1 nitrogen and oxygen atoms in total. The topological polar surface area (TPSA) is 20.2 Å². The highest BCUT2D eigenvalue weighted by Gasteiger charge is 2.31. The van der Waals surface area contributed by atoms with Gasteiger partial charge in [0, 0.05) is 0 Å². The number of allylic oxidation sites excluding steroid dienone is 2. The SMILES string of the molecule is OC/C=C(\C=C\c1ccccc1)C(F)(F)F. The molecule has 1 aromatic carbocycles. The molecule has 0 fully saturated rings. The summed E-state index contributed by atoms with van der Waals surface area (Å²) in [5.41, 5.74) is -0.172. The van der Waals surface area contributed by atoms with Crippen LogP contribution in [0.25, 0.3) is 6.08 Å². The Balaban J connectivity index is 2.86. The Kier molecular flexibility index (Phi) is 4.31. The minimum absolute atomic E-state index is 0.631. The van der Waals surface area contributed by atoms with Crippen LogP contribution in [0.3, 0.4) is 0 Å². The maximum atomic E-state index is 12.4. The van der Waals surface area contributed by atoms with Crippen LogP contribution < -0.4 is 0 Å². The first kappa shape index (κ1) is 12.5. The van der Waals surface area contributed by atoms with Crippen LogP contribution in [0.4, 0.5) is 13.2 Å². The molecule has 16 heavy (non-hydrogen) atoms. The van der Waals surface area contributed by atoms with Crippen molar-refractivity contribution in [1.29, 1.82) is 0 Å². The molecule has 0 heterocycles. The molecule has 86 valence electrons. The Hall–Kier alpha value is -1.55. The van der Waals surface area contributed by atoms with Gasteiger partial charge in [-0.1, -0.05) is 36.4 Å². The molecule has 0 saturated carbocycles. The number of benzene rings is 1. The number of aliphatic hydroxyl groups excluding tert-OH is 1. The fourth-order valence-corrected chi connectivity index (χ4v) is 1.13. The third kappa shape index (κ3) is 3.90. The van der Waals surface area contributed by atoms with E-state index in [1.807, 2.05) is 0 Å². The molecule has 4 heteroatoms. The summed E-state index contributed by atoms with van der Waals surface area (Å²) in [6, 6.07) is 8.66. The molecule has 0 aliphatic heterocycles. The van der Waals surface area contributed by atoms with Gasteiger partial charge in [-0.15, -0.1) is 0 Å². The zero-order valence-corrected chi connectivity index (χ0v) is 8.41. The molecule has 0 saturated heterocycles. The Morgan fingerprint density at radius 3 is 2.31 bits per heavy atom. The van der Waals surface area contributed by atoms with Crippen molar-refractivity contribution in [3.8, 4) is 0 Å². The predicted molar refractivity (Wildman–Crippen MR) is 56.7 cm³/mol. The Morgan fingerprint density at radius 2 is 1.81 bits per heavy atom. The summed E-state index contributed by atoms with van der Waals surface area (Å²) in [5.74, 6) is 0. The van der Waals surface area contributed by atoms with Crippen LogP contribution in [0, 0.1) is 0 Å². The summed E-state index contributed by atoms with van der Waals surface area (Å²) < 4.78 is 37.1. The molecular weight excluding hydrogens is 217 g/mol. The smallest absolute Gasteiger partial charge is 0.392 e. The van der Waals surface area contributed by atoms with Crippen LogP contribution in [0.15, 0.2) is 48.1 Å². The average molecular weight is 228 g/mol. The second-order valence-corrected chi connectivity index (χ2v) is 3.08. The van der Waals surface area contributed by atoms with Gasteiger partial charge in [0.25, 0.3) is 0 Å². The molecule has 0 unspecified atom stereocenters. The molecule has 0 aliphatic rings. The van der Waals surface area contributed by atoms with E-state index < -0.39 is 18.4 Å². The monoisotopic (exact) mass is 228 g/mol. The highest BCUT2D eigenvalue weighted by atomic mass is 19.4. The normalized spacial score (nSPS) is 13.4. The molecular formula is C12H11F3O. The number of alkyl halides is 3.